The number of aromatic nitrogens is 2. The number of hydrogen-bond donors (Lipinski definition) is 2. The van der Waals surface area contributed by atoms with E-state index in [1.165, 1.54) is 23.0 Å². The van der Waals surface area contributed by atoms with Crippen molar-refractivity contribution in [2.75, 3.05) is 12.8 Å². The highest BCUT2D eigenvalue weighted by atomic mass is 32.2. The van der Waals surface area contributed by atoms with E-state index in [9.17, 15) is 14.4 Å². The minimum absolute atomic E-state index is 0.230. The van der Waals surface area contributed by atoms with Crippen molar-refractivity contribution < 1.29 is 14.7 Å². The van der Waals surface area contributed by atoms with Crippen LogP contribution in [0.25, 0.3) is 10.2 Å². The number of thioether (sulfide) groups is 1. The van der Waals surface area contributed by atoms with Crippen molar-refractivity contribution in [2.45, 2.75) is 18.1 Å². The maximum absolute atomic E-state index is 12.5. The lowest BCUT2D eigenvalue weighted by Crippen LogP contribution is -2.35. The number of nitrogens with one attached hydrogen (secondary N) is 1. The highest BCUT2D eigenvalue weighted by Gasteiger charge is 2.22. The molecule has 0 aliphatic rings. The second-order valence-corrected chi connectivity index (χ2v) is 6.02. The molecule has 0 radical (unpaired) electrons. The van der Waals surface area contributed by atoms with Crippen LogP contribution in [0, 0.1) is 0 Å². The standard InChI is InChI=1S/C12H13N3O4S2/c1-6(9(18)13-2)15-11(19)7-3-4-20-10(7)14-12(15)21-5-8(16)17/h3-4,6H,5H2,1-2H3,(H,13,18)(H,16,17). The molecule has 1 atom stereocenters. The second kappa shape index (κ2) is 6.27. The molecule has 0 fully saturated rings. The first kappa shape index (κ1) is 15.5. The summed E-state index contributed by atoms with van der Waals surface area (Å²) in [4.78, 5) is 39.9. The number of amides is 1. The summed E-state index contributed by atoms with van der Waals surface area (Å²) in [5, 5.41) is 13.7. The number of aliphatic carboxylic acids is 1. The van der Waals surface area contributed by atoms with Crippen molar-refractivity contribution in [2.24, 2.45) is 0 Å². The molecule has 1 amide bonds. The Morgan fingerprint density at radius 1 is 1.57 bits per heavy atom. The van der Waals surface area contributed by atoms with E-state index in [0.29, 0.717) is 10.2 Å². The summed E-state index contributed by atoms with van der Waals surface area (Å²) < 4.78 is 1.24. The molecule has 7 nitrogen and oxygen atoms in total. The molecule has 0 aliphatic heterocycles. The number of fused-ring (bicyclic) bond motifs is 1. The fourth-order valence-electron chi connectivity index (χ4n) is 1.80. The van der Waals surface area contributed by atoms with E-state index in [4.69, 9.17) is 5.11 Å². The number of carboxylic acids is 1. The number of carbonyl (C=O) groups is 2. The minimum atomic E-state index is -1.01. The Morgan fingerprint density at radius 3 is 2.90 bits per heavy atom. The van der Waals surface area contributed by atoms with Gasteiger partial charge in [-0.2, -0.15) is 0 Å². The Bertz CT molecular complexity index is 753. The van der Waals surface area contributed by atoms with Crippen LogP contribution in [0.5, 0.6) is 0 Å². The largest absolute Gasteiger partial charge is 0.481 e. The molecule has 1 unspecified atom stereocenters. The minimum Gasteiger partial charge on any atom is -0.481 e. The smallest absolute Gasteiger partial charge is 0.313 e. The van der Waals surface area contributed by atoms with Gasteiger partial charge in [0.15, 0.2) is 5.16 Å². The molecule has 0 saturated heterocycles. The van der Waals surface area contributed by atoms with Gasteiger partial charge < -0.3 is 10.4 Å². The van der Waals surface area contributed by atoms with Gasteiger partial charge in [-0.05, 0) is 18.4 Å². The van der Waals surface area contributed by atoms with Gasteiger partial charge in [0.25, 0.3) is 5.56 Å². The van der Waals surface area contributed by atoms with Crippen molar-refractivity contribution in [3.8, 4) is 0 Å². The van der Waals surface area contributed by atoms with Crippen LogP contribution in [0.3, 0.4) is 0 Å². The summed E-state index contributed by atoms with van der Waals surface area (Å²) in [6, 6.07) is 0.879. The first-order valence-corrected chi connectivity index (χ1v) is 7.88. The van der Waals surface area contributed by atoms with E-state index in [1.54, 1.807) is 18.4 Å². The lowest BCUT2D eigenvalue weighted by atomic mass is 10.3. The van der Waals surface area contributed by atoms with E-state index in [1.807, 2.05) is 0 Å². The zero-order chi connectivity index (χ0) is 15.6. The van der Waals surface area contributed by atoms with Crippen LogP contribution in [-0.2, 0) is 9.59 Å². The number of hydrogen-bond acceptors (Lipinski definition) is 6. The van der Waals surface area contributed by atoms with Crippen LogP contribution in [0.2, 0.25) is 0 Å². The van der Waals surface area contributed by atoms with Gasteiger partial charge in [0.2, 0.25) is 5.91 Å². The normalized spacial score (nSPS) is 12.3. The summed E-state index contributed by atoms with van der Waals surface area (Å²) in [6.07, 6.45) is 0. The molecule has 2 aromatic rings. The van der Waals surface area contributed by atoms with Crippen LogP contribution in [0.15, 0.2) is 21.4 Å². The molecule has 2 rings (SSSR count). The van der Waals surface area contributed by atoms with Gasteiger partial charge in [-0.3, -0.25) is 19.0 Å². The first-order chi connectivity index (χ1) is 9.95. The number of thiophene rings is 1. The molecule has 0 bridgehead atoms. The molecule has 2 heterocycles. The van der Waals surface area contributed by atoms with Crippen LogP contribution < -0.4 is 10.9 Å². The maximum Gasteiger partial charge on any atom is 0.313 e. The van der Waals surface area contributed by atoms with Crippen LogP contribution in [0.1, 0.15) is 13.0 Å². The average molecular weight is 327 g/mol. The second-order valence-electron chi connectivity index (χ2n) is 4.18. The fourth-order valence-corrected chi connectivity index (χ4v) is 3.40. The van der Waals surface area contributed by atoms with Gasteiger partial charge in [-0.1, -0.05) is 11.8 Å². The first-order valence-electron chi connectivity index (χ1n) is 6.01. The van der Waals surface area contributed by atoms with E-state index in [2.05, 4.69) is 10.3 Å². The summed E-state index contributed by atoms with van der Waals surface area (Å²) >= 11 is 2.22. The fraction of sp³-hybridized carbons (Fsp3) is 0.333. The molecule has 0 spiro atoms. The topological polar surface area (TPSA) is 101 Å². The SMILES string of the molecule is CNC(=O)C(C)n1c(SCC(=O)O)nc2sccc2c1=O. The zero-order valence-corrected chi connectivity index (χ0v) is 13.0. The molecule has 0 saturated carbocycles. The number of likely N-dealkylation sites (N-methyl/N-ethyl adjacent to an activating group) is 1. The van der Waals surface area contributed by atoms with Crippen molar-refractivity contribution >= 4 is 45.2 Å². The van der Waals surface area contributed by atoms with E-state index >= 15 is 0 Å². The molecule has 0 aliphatic carbocycles. The van der Waals surface area contributed by atoms with Gasteiger partial charge in [-0.15, -0.1) is 11.3 Å². The highest BCUT2D eigenvalue weighted by molar-refractivity contribution is 7.99. The molecular weight excluding hydrogens is 314 g/mol. The van der Waals surface area contributed by atoms with Crippen molar-refractivity contribution in [1.82, 2.24) is 14.9 Å². The molecule has 9 heteroatoms. The van der Waals surface area contributed by atoms with Gasteiger partial charge in [0.05, 0.1) is 11.1 Å². The summed E-state index contributed by atoms with van der Waals surface area (Å²) in [6.45, 7) is 1.57. The van der Waals surface area contributed by atoms with Gasteiger partial charge in [0.1, 0.15) is 10.9 Å². The number of carboxylic acid groups (broad SMARTS) is 1. The average Bonchev–Trinajstić information content (AvgIpc) is 2.92. The van der Waals surface area contributed by atoms with Crippen molar-refractivity contribution in [1.29, 1.82) is 0 Å². The third-order valence-corrected chi connectivity index (χ3v) is 4.58. The Hall–Kier alpha value is -1.87. The number of nitrogens with zero attached hydrogens (tertiary/aromatic N) is 2. The van der Waals surface area contributed by atoms with Crippen LogP contribution in [-0.4, -0.2) is 39.3 Å². The maximum atomic E-state index is 12.5. The summed E-state index contributed by atoms with van der Waals surface area (Å²) in [5.74, 6) is -1.59. The van der Waals surface area contributed by atoms with Crippen molar-refractivity contribution in [3.05, 3.63) is 21.8 Å². The molecule has 0 aromatic carbocycles. The zero-order valence-electron chi connectivity index (χ0n) is 11.3. The Morgan fingerprint density at radius 2 is 2.29 bits per heavy atom. The molecule has 2 aromatic heterocycles. The third-order valence-electron chi connectivity index (χ3n) is 2.84. The summed E-state index contributed by atoms with van der Waals surface area (Å²) in [5.41, 5.74) is -0.342. The monoisotopic (exact) mass is 327 g/mol. The lowest BCUT2D eigenvalue weighted by Gasteiger charge is -2.17. The van der Waals surface area contributed by atoms with Crippen LogP contribution >= 0.6 is 23.1 Å². The quantitative estimate of drug-likeness (QED) is 0.626. The van der Waals surface area contributed by atoms with Crippen molar-refractivity contribution in [3.63, 3.8) is 0 Å². The Balaban J connectivity index is 2.59. The predicted octanol–water partition coefficient (Wildman–Crippen LogP) is 0.942. The van der Waals surface area contributed by atoms with Gasteiger partial charge in [-0.25, -0.2) is 4.98 Å². The van der Waals surface area contributed by atoms with E-state index in [-0.39, 0.29) is 22.4 Å². The van der Waals surface area contributed by atoms with E-state index < -0.39 is 12.0 Å². The Labute approximate surface area is 128 Å². The summed E-state index contributed by atoms with van der Waals surface area (Å²) in [7, 11) is 1.48. The molecule has 2 N–H and O–H groups in total. The molecular formula is C12H13N3O4S2. The number of carbonyl (C=O) groups excluding carboxylic acids is 1. The lowest BCUT2D eigenvalue weighted by molar-refractivity contribution is -0.133. The number of rotatable bonds is 5. The Kier molecular flexibility index (Phi) is 4.63. The van der Waals surface area contributed by atoms with Gasteiger partial charge >= 0.3 is 5.97 Å². The molecule has 21 heavy (non-hydrogen) atoms. The third kappa shape index (κ3) is 3.08. The molecule has 112 valence electrons. The van der Waals surface area contributed by atoms with E-state index in [0.717, 1.165) is 11.8 Å². The van der Waals surface area contributed by atoms with Gasteiger partial charge in [0, 0.05) is 7.05 Å². The highest BCUT2D eigenvalue weighted by Crippen LogP contribution is 2.23. The predicted molar refractivity (Wildman–Crippen MR) is 81.0 cm³/mol. The van der Waals surface area contributed by atoms with Crippen LogP contribution in [0.4, 0.5) is 0 Å².